The molecule has 0 fully saturated rings. The third-order valence-corrected chi connectivity index (χ3v) is 5.88. The smallest absolute Gasteiger partial charge is 0.316 e. The molecule has 31 heavy (non-hydrogen) atoms. The Morgan fingerprint density at radius 2 is 2.00 bits per heavy atom. The quantitative estimate of drug-likeness (QED) is 0.262. The number of halogens is 2. The van der Waals surface area contributed by atoms with Crippen molar-refractivity contribution in [3.8, 4) is 17.0 Å². The molecule has 4 aromatic rings. The third-order valence-electron chi connectivity index (χ3n) is 4.31. The molecule has 158 valence electrons. The number of thioether (sulfide) groups is 1. The fraction of sp³-hybridized carbons (Fsp3) is 0.143. The lowest BCUT2D eigenvalue weighted by molar-refractivity contribution is -0.142. The van der Waals surface area contributed by atoms with Crippen molar-refractivity contribution in [2.24, 2.45) is 0 Å². The number of ether oxygens (including phenoxy) is 1. The first kappa shape index (κ1) is 21.4. The van der Waals surface area contributed by atoms with Gasteiger partial charge in [-0.25, -0.2) is 4.98 Å². The van der Waals surface area contributed by atoms with Crippen LogP contribution in [0.2, 0.25) is 10.0 Å². The van der Waals surface area contributed by atoms with Gasteiger partial charge in [0.1, 0.15) is 6.33 Å². The van der Waals surface area contributed by atoms with Crippen LogP contribution >= 0.6 is 35.0 Å². The SMILES string of the molecule is Cc1ccc(-n2cnnc2SCC(=O)OCc2ncc(-c3ccc(Cl)cc3)o2)cc1Cl. The van der Waals surface area contributed by atoms with Crippen LogP contribution < -0.4 is 0 Å². The van der Waals surface area contributed by atoms with E-state index >= 15 is 0 Å². The molecule has 0 saturated carbocycles. The van der Waals surface area contributed by atoms with Gasteiger partial charge in [0.25, 0.3) is 0 Å². The molecule has 4 rings (SSSR count). The normalized spacial score (nSPS) is 10.9. The van der Waals surface area contributed by atoms with Crippen LogP contribution in [0.3, 0.4) is 0 Å². The van der Waals surface area contributed by atoms with Crippen LogP contribution in [0.25, 0.3) is 17.0 Å². The summed E-state index contributed by atoms with van der Waals surface area (Å²) in [5.74, 6) is 0.513. The van der Waals surface area contributed by atoms with Gasteiger partial charge in [0.15, 0.2) is 17.5 Å². The zero-order valence-electron chi connectivity index (χ0n) is 16.3. The molecular formula is C21H16Cl2N4O3S. The van der Waals surface area contributed by atoms with E-state index in [1.165, 1.54) is 11.8 Å². The molecule has 2 heterocycles. The third kappa shape index (κ3) is 5.28. The molecule has 0 N–H and O–H groups in total. The van der Waals surface area contributed by atoms with E-state index in [0.29, 0.717) is 26.9 Å². The summed E-state index contributed by atoms with van der Waals surface area (Å²) in [6.45, 7) is 1.86. The van der Waals surface area contributed by atoms with Crippen molar-refractivity contribution in [1.82, 2.24) is 19.7 Å². The van der Waals surface area contributed by atoms with Gasteiger partial charge in [-0.3, -0.25) is 9.36 Å². The van der Waals surface area contributed by atoms with Gasteiger partial charge in [-0.2, -0.15) is 0 Å². The molecule has 7 nitrogen and oxygen atoms in total. The van der Waals surface area contributed by atoms with Crippen molar-refractivity contribution >= 4 is 40.9 Å². The molecule has 0 amide bonds. The Kier molecular flexibility index (Phi) is 6.60. The van der Waals surface area contributed by atoms with Gasteiger partial charge in [0.2, 0.25) is 5.89 Å². The molecule has 0 aliphatic rings. The van der Waals surface area contributed by atoms with Gasteiger partial charge in [-0.1, -0.05) is 41.0 Å². The molecule has 2 aromatic carbocycles. The first-order valence-corrected chi connectivity index (χ1v) is 10.9. The lowest BCUT2D eigenvalue weighted by Gasteiger charge is -2.07. The minimum atomic E-state index is -0.423. The Bertz CT molecular complexity index is 1210. The summed E-state index contributed by atoms with van der Waals surface area (Å²) in [6, 6.07) is 12.8. The number of hydrogen-bond donors (Lipinski definition) is 0. The molecule has 0 aliphatic carbocycles. The molecule has 0 bridgehead atoms. The van der Waals surface area contributed by atoms with Crippen molar-refractivity contribution in [3.63, 3.8) is 0 Å². The van der Waals surface area contributed by atoms with Crippen LogP contribution in [-0.2, 0) is 16.1 Å². The minimum Gasteiger partial charge on any atom is -0.455 e. The summed E-state index contributed by atoms with van der Waals surface area (Å²) in [5.41, 5.74) is 2.62. The van der Waals surface area contributed by atoms with E-state index in [0.717, 1.165) is 16.8 Å². The van der Waals surface area contributed by atoms with Crippen molar-refractivity contribution in [3.05, 3.63) is 76.5 Å². The Morgan fingerprint density at radius 1 is 1.19 bits per heavy atom. The van der Waals surface area contributed by atoms with E-state index in [9.17, 15) is 4.79 Å². The first-order valence-electron chi connectivity index (χ1n) is 9.15. The molecule has 10 heteroatoms. The number of aromatic nitrogens is 4. The number of nitrogens with zero attached hydrogens (tertiary/aromatic N) is 4. The highest BCUT2D eigenvalue weighted by Gasteiger charge is 2.13. The van der Waals surface area contributed by atoms with Crippen LogP contribution in [0.15, 0.2) is 64.6 Å². The lowest BCUT2D eigenvalue weighted by atomic mass is 10.2. The first-order chi connectivity index (χ1) is 15.0. The maximum Gasteiger partial charge on any atom is 0.316 e. The van der Waals surface area contributed by atoms with Crippen molar-refractivity contribution in [2.75, 3.05) is 5.75 Å². The minimum absolute atomic E-state index is 0.0586. The maximum absolute atomic E-state index is 12.2. The molecule has 0 radical (unpaired) electrons. The van der Waals surface area contributed by atoms with E-state index in [4.69, 9.17) is 32.4 Å². The lowest BCUT2D eigenvalue weighted by Crippen LogP contribution is -2.08. The summed E-state index contributed by atoms with van der Waals surface area (Å²) >= 11 is 13.3. The second kappa shape index (κ2) is 9.55. The van der Waals surface area contributed by atoms with Crippen LogP contribution in [0.1, 0.15) is 11.5 Å². The van der Waals surface area contributed by atoms with E-state index in [2.05, 4.69) is 15.2 Å². The second-order valence-electron chi connectivity index (χ2n) is 6.49. The zero-order chi connectivity index (χ0) is 21.8. The summed E-state index contributed by atoms with van der Waals surface area (Å²) in [5, 5.41) is 9.82. The average Bonchev–Trinajstić information content (AvgIpc) is 3.43. The topological polar surface area (TPSA) is 83.0 Å². The standard InChI is InChI=1S/C21H16Cl2N4O3S/c1-13-2-7-16(8-17(13)23)27-12-25-26-21(27)31-11-20(28)29-10-19-24-9-18(30-19)14-3-5-15(22)6-4-14/h2-9,12H,10-11H2,1H3. The van der Waals surface area contributed by atoms with Gasteiger partial charge >= 0.3 is 5.97 Å². The fourth-order valence-corrected chi connectivity index (χ4v) is 3.69. The van der Waals surface area contributed by atoms with Crippen LogP contribution in [0.5, 0.6) is 0 Å². The van der Waals surface area contributed by atoms with E-state index < -0.39 is 5.97 Å². The predicted octanol–water partition coefficient (Wildman–Crippen LogP) is 5.37. The van der Waals surface area contributed by atoms with Gasteiger partial charge in [0, 0.05) is 15.6 Å². The maximum atomic E-state index is 12.2. The highest BCUT2D eigenvalue weighted by molar-refractivity contribution is 7.99. The van der Waals surface area contributed by atoms with Crippen LogP contribution in [0.4, 0.5) is 0 Å². The number of benzene rings is 2. The second-order valence-corrected chi connectivity index (χ2v) is 8.28. The Morgan fingerprint density at radius 3 is 2.77 bits per heavy atom. The number of rotatable bonds is 7. The molecule has 0 spiro atoms. The molecule has 0 aliphatic heterocycles. The fourth-order valence-electron chi connectivity index (χ4n) is 2.66. The number of hydrogen-bond acceptors (Lipinski definition) is 7. The van der Waals surface area contributed by atoms with Crippen molar-refractivity contribution in [2.45, 2.75) is 18.7 Å². The van der Waals surface area contributed by atoms with Crippen molar-refractivity contribution in [1.29, 1.82) is 0 Å². The summed E-state index contributed by atoms with van der Waals surface area (Å²) < 4.78 is 12.7. The van der Waals surface area contributed by atoms with Crippen molar-refractivity contribution < 1.29 is 13.9 Å². The Hall–Kier alpha value is -2.81. The number of oxazole rings is 1. The van der Waals surface area contributed by atoms with E-state index in [1.54, 1.807) is 29.2 Å². The number of carbonyl (C=O) groups excluding carboxylic acids is 1. The van der Waals surface area contributed by atoms with Crippen LogP contribution in [-0.4, -0.2) is 31.5 Å². The average molecular weight is 475 g/mol. The summed E-state index contributed by atoms with van der Waals surface area (Å²) in [4.78, 5) is 16.3. The van der Waals surface area contributed by atoms with Gasteiger partial charge in [-0.15, -0.1) is 10.2 Å². The van der Waals surface area contributed by atoms with E-state index in [1.807, 2.05) is 37.3 Å². The van der Waals surface area contributed by atoms with Gasteiger partial charge in [0.05, 0.1) is 17.6 Å². The molecule has 0 atom stereocenters. The monoisotopic (exact) mass is 474 g/mol. The summed E-state index contributed by atoms with van der Waals surface area (Å²) in [7, 11) is 0. The van der Waals surface area contributed by atoms with Crippen LogP contribution in [0, 0.1) is 6.92 Å². The zero-order valence-corrected chi connectivity index (χ0v) is 18.6. The number of carbonyl (C=O) groups is 1. The predicted molar refractivity (Wildman–Crippen MR) is 119 cm³/mol. The Labute approximate surface area is 192 Å². The van der Waals surface area contributed by atoms with Gasteiger partial charge in [-0.05, 0) is 48.9 Å². The highest BCUT2D eigenvalue weighted by Crippen LogP contribution is 2.25. The van der Waals surface area contributed by atoms with Gasteiger partial charge < -0.3 is 9.15 Å². The number of aryl methyl sites for hydroxylation is 1. The molecular weight excluding hydrogens is 459 g/mol. The summed E-state index contributed by atoms with van der Waals surface area (Å²) in [6.07, 6.45) is 3.15. The molecule has 0 unspecified atom stereocenters. The number of esters is 1. The molecule has 0 saturated heterocycles. The Balaban J connectivity index is 1.32. The molecule has 2 aromatic heterocycles. The highest BCUT2D eigenvalue weighted by atomic mass is 35.5. The van der Waals surface area contributed by atoms with E-state index in [-0.39, 0.29) is 12.4 Å². The largest absolute Gasteiger partial charge is 0.455 e.